The Hall–Kier alpha value is -0.360. The summed E-state index contributed by atoms with van der Waals surface area (Å²) in [6.07, 6.45) is 5.22. The average molecular weight is 344 g/mol. The summed E-state index contributed by atoms with van der Waals surface area (Å²) >= 11 is 7.77. The number of benzene rings is 1. The number of aromatic amines is 1. The number of halogens is 1. The minimum Gasteiger partial charge on any atom is -0.331 e. The van der Waals surface area contributed by atoms with Crippen LogP contribution < -0.4 is 0 Å². The average Bonchev–Trinajstić information content (AvgIpc) is 2.83. The van der Waals surface area contributed by atoms with E-state index in [9.17, 15) is 0 Å². The van der Waals surface area contributed by atoms with Crippen molar-refractivity contribution in [3.05, 3.63) is 26.5 Å². The van der Waals surface area contributed by atoms with E-state index in [1.807, 2.05) is 0 Å². The molecule has 0 atom stereocenters. The normalized spacial score (nSPS) is 17.3. The topological polar surface area (TPSA) is 20.7 Å². The molecule has 4 heteroatoms. The highest BCUT2D eigenvalue weighted by atomic mass is 127. The van der Waals surface area contributed by atoms with Crippen LogP contribution in [0.1, 0.15) is 31.7 Å². The summed E-state index contributed by atoms with van der Waals surface area (Å²) in [6, 6.07) is 7.11. The van der Waals surface area contributed by atoms with E-state index in [0.717, 1.165) is 4.77 Å². The van der Waals surface area contributed by atoms with E-state index in [2.05, 4.69) is 50.3 Å². The molecule has 2 nitrogen and oxygen atoms in total. The molecule has 0 amide bonds. The lowest BCUT2D eigenvalue weighted by atomic mass is 10.2. The molecule has 1 heterocycles. The Kier molecular flexibility index (Phi) is 2.79. The maximum Gasteiger partial charge on any atom is 0.178 e. The maximum atomic E-state index is 5.44. The number of imidazole rings is 1. The molecule has 1 aromatic heterocycles. The Morgan fingerprint density at radius 3 is 2.81 bits per heavy atom. The van der Waals surface area contributed by atoms with Gasteiger partial charge in [0.05, 0.1) is 11.0 Å². The third kappa shape index (κ3) is 1.72. The van der Waals surface area contributed by atoms with Gasteiger partial charge in [-0.2, -0.15) is 0 Å². The van der Waals surface area contributed by atoms with Gasteiger partial charge in [0.2, 0.25) is 0 Å². The number of rotatable bonds is 1. The SMILES string of the molecule is S=c1[nH]c2cc(I)ccc2n1C1CCCC1. The molecule has 16 heavy (non-hydrogen) atoms. The van der Waals surface area contributed by atoms with E-state index in [4.69, 9.17) is 12.2 Å². The Labute approximate surface area is 113 Å². The lowest BCUT2D eigenvalue weighted by Crippen LogP contribution is -2.04. The van der Waals surface area contributed by atoms with Gasteiger partial charge in [-0.15, -0.1) is 0 Å². The van der Waals surface area contributed by atoms with Crippen LogP contribution in [-0.2, 0) is 0 Å². The second kappa shape index (κ2) is 4.14. The smallest absolute Gasteiger partial charge is 0.178 e. The molecule has 1 N–H and O–H groups in total. The van der Waals surface area contributed by atoms with Crippen molar-refractivity contribution < 1.29 is 0 Å². The van der Waals surface area contributed by atoms with Crippen molar-refractivity contribution in [1.29, 1.82) is 0 Å². The Balaban J connectivity index is 2.23. The van der Waals surface area contributed by atoms with Gasteiger partial charge in [0.15, 0.2) is 4.77 Å². The first-order chi connectivity index (χ1) is 7.75. The zero-order valence-electron chi connectivity index (χ0n) is 8.87. The predicted octanol–water partition coefficient (Wildman–Crippen LogP) is 4.42. The first kappa shape index (κ1) is 10.8. The summed E-state index contributed by atoms with van der Waals surface area (Å²) < 4.78 is 4.44. The molecule has 0 unspecified atom stereocenters. The number of hydrogen-bond acceptors (Lipinski definition) is 1. The lowest BCUT2D eigenvalue weighted by molar-refractivity contribution is 0.526. The van der Waals surface area contributed by atoms with Gasteiger partial charge in [-0.05, 0) is 65.8 Å². The molecule has 0 bridgehead atoms. The van der Waals surface area contributed by atoms with Crippen LogP contribution in [0.2, 0.25) is 0 Å². The summed E-state index contributed by atoms with van der Waals surface area (Å²) in [4.78, 5) is 3.32. The monoisotopic (exact) mass is 344 g/mol. The molecule has 2 aromatic rings. The van der Waals surface area contributed by atoms with E-state index < -0.39 is 0 Å². The van der Waals surface area contributed by atoms with Gasteiger partial charge in [-0.3, -0.25) is 0 Å². The van der Waals surface area contributed by atoms with Crippen molar-refractivity contribution in [2.75, 3.05) is 0 Å². The predicted molar refractivity (Wildman–Crippen MR) is 77.3 cm³/mol. The highest BCUT2D eigenvalue weighted by Crippen LogP contribution is 2.32. The van der Waals surface area contributed by atoms with Crippen molar-refractivity contribution in [2.24, 2.45) is 0 Å². The van der Waals surface area contributed by atoms with Crippen molar-refractivity contribution in [2.45, 2.75) is 31.7 Å². The largest absolute Gasteiger partial charge is 0.331 e. The van der Waals surface area contributed by atoms with Gasteiger partial charge in [-0.25, -0.2) is 0 Å². The van der Waals surface area contributed by atoms with Crippen molar-refractivity contribution in [3.63, 3.8) is 0 Å². The standard InChI is InChI=1S/C12H13IN2S/c13-8-5-6-11-10(7-8)14-12(16)15(11)9-3-1-2-4-9/h5-7,9H,1-4H2,(H,14,16). The molecule has 1 fully saturated rings. The van der Waals surface area contributed by atoms with Crippen LogP contribution in [0.15, 0.2) is 18.2 Å². The minimum absolute atomic E-state index is 0.612. The van der Waals surface area contributed by atoms with Gasteiger partial charge in [0.25, 0.3) is 0 Å². The van der Waals surface area contributed by atoms with Crippen molar-refractivity contribution in [1.82, 2.24) is 9.55 Å². The van der Waals surface area contributed by atoms with Crippen LogP contribution in [0, 0.1) is 8.34 Å². The third-order valence-electron chi connectivity index (χ3n) is 3.37. The summed E-state index contributed by atoms with van der Waals surface area (Å²) in [5.74, 6) is 0. The van der Waals surface area contributed by atoms with Gasteiger partial charge < -0.3 is 9.55 Å². The minimum atomic E-state index is 0.612. The van der Waals surface area contributed by atoms with Crippen LogP contribution >= 0.6 is 34.8 Å². The molecular formula is C12H13IN2S. The first-order valence-corrected chi connectivity index (χ1v) is 7.14. The number of aromatic nitrogens is 2. The lowest BCUT2D eigenvalue weighted by Gasteiger charge is -2.12. The molecule has 1 saturated carbocycles. The van der Waals surface area contributed by atoms with Crippen LogP contribution in [-0.4, -0.2) is 9.55 Å². The van der Waals surface area contributed by atoms with E-state index in [-0.39, 0.29) is 0 Å². The third-order valence-corrected chi connectivity index (χ3v) is 4.34. The molecule has 1 aliphatic carbocycles. The van der Waals surface area contributed by atoms with Crippen LogP contribution in [0.4, 0.5) is 0 Å². The number of nitrogens with one attached hydrogen (secondary N) is 1. The van der Waals surface area contributed by atoms with E-state index in [1.54, 1.807) is 0 Å². The summed E-state index contributed by atoms with van der Waals surface area (Å²) in [6.45, 7) is 0. The van der Waals surface area contributed by atoms with E-state index in [1.165, 1.54) is 40.3 Å². The molecule has 0 spiro atoms. The molecule has 3 rings (SSSR count). The van der Waals surface area contributed by atoms with Crippen molar-refractivity contribution >= 4 is 45.8 Å². The fraction of sp³-hybridized carbons (Fsp3) is 0.417. The quantitative estimate of drug-likeness (QED) is 0.600. The number of nitrogens with zero attached hydrogens (tertiary/aromatic N) is 1. The fourth-order valence-corrected chi connectivity index (χ4v) is 3.48. The second-order valence-electron chi connectivity index (χ2n) is 4.40. The van der Waals surface area contributed by atoms with Crippen LogP contribution in [0.5, 0.6) is 0 Å². The summed E-state index contributed by atoms with van der Waals surface area (Å²) in [5.41, 5.74) is 2.43. The molecule has 0 saturated heterocycles. The molecule has 0 aliphatic heterocycles. The second-order valence-corrected chi connectivity index (χ2v) is 6.03. The highest BCUT2D eigenvalue weighted by Gasteiger charge is 2.19. The first-order valence-electron chi connectivity index (χ1n) is 5.65. The van der Waals surface area contributed by atoms with E-state index in [0.29, 0.717) is 6.04 Å². The van der Waals surface area contributed by atoms with Gasteiger partial charge in [0.1, 0.15) is 0 Å². The van der Waals surface area contributed by atoms with Gasteiger partial charge in [-0.1, -0.05) is 12.8 Å². The Bertz CT molecular complexity index is 578. The van der Waals surface area contributed by atoms with Crippen LogP contribution in [0.3, 0.4) is 0 Å². The summed E-state index contributed by atoms with van der Waals surface area (Å²) in [5, 5.41) is 0. The molecular weight excluding hydrogens is 331 g/mol. The number of H-pyrrole nitrogens is 1. The van der Waals surface area contributed by atoms with Crippen molar-refractivity contribution in [3.8, 4) is 0 Å². The fourth-order valence-electron chi connectivity index (χ4n) is 2.63. The number of fused-ring (bicyclic) bond motifs is 1. The van der Waals surface area contributed by atoms with Gasteiger partial charge in [0, 0.05) is 9.61 Å². The molecule has 1 aliphatic rings. The Morgan fingerprint density at radius 1 is 1.31 bits per heavy atom. The molecule has 1 aromatic carbocycles. The maximum absolute atomic E-state index is 5.44. The molecule has 0 radical (unpaired) electrons. The Morgan fingerprint density at radius 2 is 2.06 bits per heavy atom. The van der Waals surface area contributed by atoms with E-state index >= 15 is 0 Å². The van der Waals surface area contributed by atoms with Crippen LogP contribution in [0.25, 0.3) is 11.0 Å². The zero-order valence-corrected chi connectivity index (χ0v) is 11.8. The van der Waals surface area contributed by atoms with Gasteiger partial charge >= 0.3 is 0 Å². The highest BCUT2D eigenvalue weighted by molar-refractivity contribution is 14.1. The summed E-state index contributed by atoms with van der Waals surface area (Å²) in [7, 11) is 0. The zero-order chi connectivity index (χ0) is 11.1. The number of hydrogen-bond donors (Lipinski definition) is 1. The molecule has 84 valence electrons.